The van der Waals surface area contributed by atoms with Crippen LogP contribution >= 0.6 is 0 Å². The molecule has 0 atom stereocenters. The molecule has 0 saturated heterocycles. The average molecular weight is 952 g/mol. The lowest BCUT2D eigenvalue weighted by molar-refractivity contribution is 0.591. The second kappa shape index (κ2) is 15.3. The molecule has 0 saturated carbocycles. The summed E-state index contributed by atoms with van der Waals surface area (Å²) in [4.78, 5) is 10.7. The maximum absolute atomic E-state index is 5.80. The Bertz CT molecular complexity index is 4330. The molecule has 15 aromatic rings. The summed E-state index contributed by atoms with van der Waals surface area (Å²) in [6.07, 6.45) is 2.19. The van der Waals surface area contributed by atoms with E-state index < -0.39 is 0 Å². The van der Waals surface area contributed by atoms with Crippen LogP contribution in [0.15, 0.2) is 212 Å². The first-order valence-corrected chi connectivity index (χ1v) is 26.0. The Morgan fingerprint density at radius 1 is 0.338 bits per heavy atom. The normalized spacial score (nSPS) is 12.7. The fraction of sp³-hybridized carbons (Fsp3) is 0.116. The number of hydrogen-bond acceptors (Lipinski definition) is 3. The molecule has 15 rings (SSSR count). The predicted molar refractivity (Wildman–Crippen MR) is 315 cm³/mol. The summed E-state index contributed by atoms with van der Waals surface area (Å²) in [6, 6.07) is 76.1. The molecule has 5 aromatic heterocycles. The van der Waals surface area contributed by atoms with Crippen LogP contribution in [0, 0.1) is 0 Å². The van der Waals surface area contributed by atoms with Gasteiger partial charge in [0.1, 0.15) is 5.65 Å². The highest BCUT2D eigenvalue weighted by Crippen LogP contribution is 2.54. The van der Waals surface area contributed by atoms with E-state index in [4.69, 9.17) is 4.98 Å². The Morgan fingerprint density at radius 3 is 1.11 bits per heavy atom. The van der Waals surface area contributed by atoms with Crippen LogP contribution in [-0.4, -0.2) is 13.8 Å². The summed E-state index contributed by atoms with van der Waals surface area (Å²) < 4.78 is 5.11. The highest BCUT2D eigenvalue weighted by atomic mass is 15.2. The molecule has 0 aliphatic heterocycles. The Balaban J connectivity index is 1.18. The summed E-state index contributed by atoms with van der Waals surface area (Å²) in [5, 5.41) is 14.8. The Morgan fingerprint density at radius 2 is 0.689 bits per heavy atom. The van der Waals surface area contributed by atoms with E-state index in [0.717, 1.165) is 50.8 Å². The molecule has 0 spiro atoms. The van der Waals surface area contributed by atoms with Gasteiger partial charge in [-0.3, -0.25) is 4.40 Å². The molecule has 0 amide bonds. The fourth-order valence-corrected chi connectivity index (χ4v) is 12.6. The number of benzene rings is 10. The molecular formula is C69H53N5. The lowest BCUT2D eigenvalue weighted by atomic mass is 9.84. The predicted octanol–water partition coefficient (Wildman–Crippen LogP) is 19.2. The zero-order chi connectivity index (χ0) is 49.8. The minimum Gasteiger partial charge on any atom is -0.308 e. The molecule has 0 aliphatic rings. The first-order chi connectivity index (χ1) is 36.0. The van der Waals surface area contributed by atoms with Crippen molar-refractivity contribution in [2.24, 2.45) is 0 Å². The molecule has 10 aromatic carbocycles. The van der Waals surface area contributed by atoms with Crippen LogP contribution in [0.1, 0.15) is 52.7 Å². The van der Waals surface area contributed by atoms with Gasteiger partial charge in [0.25, 0.3) is 0 Å². The maximum atomic E-state index is 5.80. The molecule has 5 nitrogen and oxygen atoms in total. The quantitative estimate of drug-likeness (QED) is 0.166. The van der Waals surface area contributed by atoms with Gasteiger partial charge in [0.05, 0.1) is 45.2 Å². The van der Waals surface area contributed by atoms with E-state index in [1.165, 1.54) is 92.3 Å². The number of rotatable bonds is 6. The van der Waals surface area contributed by atoms with Crippen molar-refractivity contribution in [3.63, 3.8) is 0 Å². The summed E-state index contributed by atoms with van der Waals surface area (Å²) in [5.41, 5.74) is 15.8. The van der Waals surface area contributed by atoms with Crippen LogP contribution in [0.3, 0.4) is 0 Å². The van der Waals surface area contributed by atoms with Crippen LogP contribution in [0.5, 0.6) is 0 Å². The minimum absolute atomic E-state index is 0.138. The topological polar surface area (TPSA) is 28.2 Å². The summed E-state index contributed by atoms with van der Waals surface area (Å²) in [5.74, 6) is 0. The van der Waals surface area contributed by atoms with Crippen molar-refractivity contribution in [2.75, 3.05) is 9.80 Å². The van der Waals surface area contributed by atoms with Gasteiger partial charge < -0.3 is 14.2 Å². The maximum Gasteiger partial charge on any atom is 0.146 e. The van der Waals surface area contributed by atoms with E-state index >= 15 is 0 Å². The number of anilines is 6. The van der Waals surface area contributed by atoms with Gasteiger partial charge in [-0.2, -0.15) is 0 Å². The third-order valence-electron chi connectivity index (χ3n) is 16.0. The molecule has 74 heavy (non-hydrogen) atoms. The first-order valence-electron chi connectivity index (χ1n) is 26.0. The third-order valence-corrected chi connectivity index (χ3v) is 16.0. The zero-order valence-electron chi connectivity index (χ0n) is 42.4. The number of hydrogen-bond donors (Lipinski definition) is 0. The first kappa shape index (κ1) is 42.7. The van der Waals surface area contributed by atoms with Crippen LogP contribution in [0.4, 0.5) is 34.1 Å². The summed E-state index contributed by atoms with van der Waals surface area (Å²) in [6.45, 7) is 14.1. The van der Waals surface area contributed by atoms with Crippen LogP contribution < -0.4 is 9.80 Å². The smallest absolute Gasteiger partial charge is 0.146 e. The van der Waals surface area contributed by atoms with E-state index in [-0.39, 0.29) is 10.8 Å². The average Bonchev–Trinajstić information content (AvgIpc) is 4.16. The van der Waals surface area contributed by atoms with Gasteiger partial charge in [0.15, 0.2) is 0 Å². The second-order valence-corrected chi connectivity index (χ2v) is 22.4. The molecule has 354 valence electrons. The summed E-state index contributed by atoms with van der Waals surface area (Å²) >= 11 is 0. The molecular weight excluding hydrogens is 899 g/mol. The highest BCUT2D eigenvalue weighted by molar-refractivity contribution is 6.39. The highest BCUT2D eigenvalue weighted by Gasteiger charge is 2.33. The van der Waals surface area contributed by atoms with Crippen LogP contribution in [0.25, 0.3) is 97.9 Å². The van der Waals surface area contributed by atoms with Gasteiger partial charge in [-0.05, 0) is 128 Å². The molecule has 0 bridgehead atoms. The van der Waals surface area contributed by atoms with Gasteiger partial charge >= 0.3 is 0 Å². The molecule has 0 fully saturated rings. The van der Waals surface area contributed by atoms with Gasteiger partial charge in [-0.25, -0.2) is 4.98 Å². The minimum atomic E-state index is -0.143. The Kier molecular flexibility index (Phi) is 8.83. The third kappa shape index (κ3) is 5.95. The van der Waals surface area contributed by atoms with Gasteiger partial charge in [0.2, 0.25) is 0 Å². The Hall–Kier alpha value is -8.93. The fourth-order valence-electron chi connectivity index (χ4n) is 12.6. The zero-order valence-corrected chi connectivity index (χ0v) is 42.4. The monoisotopic (exact) mass is 951 g/mol. The lowest BCUT2D eigenvalue weighted by Gasteiger charge is -2.27. The van der Waals surface area contributed by atoms with Crippen LogP contribution in [-0.2, 0) is 10.8 Å². The standard InChI is InChI=1S/C69H53N5/c1-68(2,3)44-37-52-59-50-33-21-19-23-42(50)35-56(71(46-25-11-7-12-26-46)47-27-13-8-14-28-47)65(59)73-58-41-70-67-62(61(58)54(39-44)63(52)73)55-40-45(69(4,5)6)38-53-60-51-34-22-20-24-43(51)36-57(66(60)74(67)64(53)55)72(48-29-15-9-16-30-48)49-31-17-10-18-32-49/h7-41H,1-6H3. The van der Waals surface area contributed by atoms with Crippen molar-refractivity contribution in [1.29, 1.82) is 0 Å². The summed E-state index contributed by atoms with van der Waals surface area (Å²) in [7, 11) is 0. The second-order valence-electron chi connectivity index (χ2n) is 22.4. The van der Waals surface area contributed by atoms with Gasteiger partial charge in [0, 0.05) is 65.8 Å². The molecule has 0 unspecified atom stereocenters. The largest absolute Gasteiger partial charge is 0.308 e. The van der Waals surface area contributed by atoms with Crippen molar-refractivity contribution in [1.82, 2.24) is 13.8 Å². The SMILES string of the molecule is CC(C)(C)c1cc2c3c4c5cc(C(C)(C)C)cc6c7c8ccccc8cc(N(c8ccccc8)c8ccccc8)c7n(c4ncc3n3c4c(N(c7ccccc7)c7ccccc7)cc7ccccc7c4c(c1)c23)c56. The number of fused-ring (bicyclic) bond motifs is 17. The molecule has 5 heteroatoms. The van der Waals surface area contributed by atoms with E-state index in [2.05, 4.69) is 273 Å². The van der Waals surface area contributed by atoms with E-state index in [9.17, 15) is 0 Å². The number of pyridine rings is 1. The Labute approximate surface area is 429 Å². The number of nitrogens with zero attached hydrogens (tertiary/aromatic N) is 5. The van der Waals surface area contributed by atoms with Crippen molar-refractivity contribution >= 4 is 132 Å². The van der Waals surface area contributed by atoms with Crippen molar-refractivity contribution in [3.05, 3.63) is 224 Å². The van der Waals surface area contributed by atoms with E-state index in [1.54, 1.807) is 0 Å². The number of para-hydroxylation sites is 4. The van der Waals surface area contributed by atoms with Crippen LogP contribution in [0.2, 0.25) is 0 Å². The van der Waals surface area contributed by atoms with Crippen molar-refractivity contribution in [3.8, 4) is 0 Å². The van der Waals surface area contributed by atoms with Crippen molar-refractivity contribution < 1.29 is 0 Å². The van der Waals surface area contributed by atoms with E-state index in [0.29, 0.717) is 0 Å². The number of aromatic nitrogens is 3. The van der Waals surface area contributed by atoms with Crippen molar-refractivity contribution in [2.45, 2.75) is 52.4 Å². The molecule has 5 heterocycles. The van der Waals surface area contributed by atoms with Gasteiger partial charge in [-0.1, -0.05) is 163 Å². The molecule has 0 N–H and O–H groups in total. The van der Waals surface area contributed by atoms with E-state index in [1.807, 2.05) is 0 Å². The molecule has 0 aliphatic carbocycles. The molecule has 0 radical (unpaired) electrons. The lowest BCUT2D eigenvalue weighted by Crippen LogP contribution is -2.11. The van der Waals surface area contributed by atoms with Gasteiger partial charge in [-0.15, -0.1) is 0 Å².